The quantitative estimate of drug-likeness (QED) is 0.758. The number of rotatable bonds is 5. The van der Waals surface area contributed by atoms with Crippen LogP contribution in [-0.2, 0) is 0 Å². The summed E-state index contributed by atoms with van der Waals surface area (Å²) in [5, 5.41) is 12.7. The van der Waals surface area contributed by atoms with E-state index in [2.05, 4.69) is 5.32 Å². The van der Waals surface area contributed by atoms with Gasteiger partial charge in [0, 0.05) is 34.4 Å². The maximum Gasteiger partial charge on any atom is 0.0407 e. The molecule has 0 saturated heterocycles. The van der Waals surface area contributed by atoms with Crippen molar-refractivity contribution in [3.63, 3.8) is 0 Å². The standard InChI is InChI=1S/C15H14Cl2N2/c16-12-3-1-11(2-4-12)15(18)9-10-19-14-7-5-13(17)6-8-14/h1-8,18-19H,9-10H2. The second-order valence-electron chi connectivity index (χ2n) is 4.17. The maximum absolute atomic E-state index is 8.00. The smallest absolute Gasteiger partial charge is 0.0407 e. The third-order valence-electron chi connectivity index (χ3n) is 2.74. The van der Waals surface area contributed by atoms with Crippen molar-refractivity contribution in [1.82, 2.24) is 0 Å². The van der Waals surface area contributed by atoms with Crippen molar-refractivity contribution in [2.45, 2.75) is 6.42 Å². The highest BCUT2D eigenvalue weighted by molar-refractivity contribution is 6.30. The third kappa shape index (κ3) is 4.27. The van der Waals surface area contributed by atoms with E-state index in [-0.39, 0.29) is 0 Å². The zero-order valence-corrected chi connectivity index (χ0v) is 11.8. The van der Waals surface area contributed by atoms with E-state index in [0.29, 0.717) is 23.7 Å². The van der Waals surface area contributed by atoms with E-state index < -0.39 is 0 Å². The van der Waals surface area contributed by atoms with E-state index in [0.717, 1.165) is 16.3 Å². The molecule has 0 aliphatic carbocycles. The third-order valence-corrected chi connectivity index (χ3v) is 3.24. The first-order valence-corrected chi connectivity index (χ1v) is 6.73. The minimum atomic E-state index is 0.595. The SMILES string of the molecule is N=C(CCNc1ccc(Cl)cc1)c1ccc(Cl)cc1. The first kappa shape index (κ1) is 13.9. The number of hydrogen-bond donors (Lipinski definition) is 2. The Bertz CT molecular complexity index is 547. The Balaban J connectivity index is 1.84. The second kappa shape index (κ2) is 6.60. The van der Waals surface area contributed by atoms with Gasteiger partial charge in [0.2, 0.25) is 0 Å². The Hall–Kier alpha value is -1.51. The molecule has 0 spiro atoms. The van der Waals surface area contributed by atoms with Gasteiger partial charge in [-0.3, -0.25) is 0 Å². The zero-order valence-electron chi connectivity index (χ0n) is 10.3. The molecule has 0 amide bonds. The molecule has 0 radical (unpaired) electrons. The maximum atomic E-state index is 8.00. The van der Waals surface area contributed by atoms with Gasteiger partial charge in [0.05, 0.1) is 0 Å². The second-order valence-corrected chi connectivity index (χ2v) is 5.04. The van der Waals surface area contributed by atoms with E-state index in [9.17, 15) is 0 Å². The van der Waals surface area contributed by atoms with Crippen LogP contribution in [0.3, 0.4) is 0 Å². The molecular weight excluding hydrogens is 279 g/mol. The van der Waals surface area contributed by atoms with Crippen LogP contribution in [0.2, 0.25) is 10.0 Å². The van der Waals surface area contributed by atoms with Crippen LogP contribution in [0.5, 0.6) is 0 Å². The molecular formula is C15H14Cl2N2. The van der Waals surface area contributed by atoms with Crippen molar-refractivity contribution in [1.29, 1.82) is 5.41 Å². The van der Waals surface area contributed by atoms with Gasteiger partial charge in [-0.25, -0.2) is 0 Å². The zero-order chi connectivity index (χ0) is 13.7. The number of nitrogens with one attached hydrogen (secondary N) is 2. The fraction of sp³-hybridized carbons (Fsp3) is 0.133. The highest BCUT2D eigenvalue weighted by atomic mass is 35.5. The lowest BCUT2D eigenvalue weighted by Gasteiger charge is -2.08. The molecule has 2 nitrogen and oxygen atoms in total. The molecule has 2 aromatic carbocycles. The highest BCUT2D eigenvalue weighted by Crippen LogP contribution is 2.14. The van der Waals surface area contributed by atoms with Crippen molar-refractivity contribution in [3.8, 4) is 0 Å². The van der Waals surface area contributed by atoms with E-state index in [1.165, 1.54) is 0 Å². The summed E-state index contributed by atoms with van der Waals surface area (Å²) in [5.41, 5.74) is 2.51. The average molecular weight is 293 g/mol. The number of hydrogen-bond acceptors (Lipinski definition) is 2. The van der Waals surface area contributed by atoms with Crippen molar-refractivity contribution in [2.75, 3.05) is 11.9 Å². The molecule has 0 bridgehead atoms. The average Bonchev–Trinajstić information content (AvgIpc) is 2.41. The topological polar surface area (TPSA) is 35.9 Å². The summed E-state index contributed by atoms with van der Waals surface area (Å²) in [6.45, 7) is 0.711. The first-order valence-electron chi connectivity index (χ1n) is 5.98. The molecule has 0 aromatic heterocycles. The van der Waals surface area contributed by atoms with Gasteiger partial charge >= 0.3 is 0 Å². The monoisotopic (exact) mass is 292 g/mol. The highest BCUT2D eigenvalue weighted by Gasteiger charge is 2.01. The summed E-state index contributed by atoms with van der Waals surface area (Å²) in [4.78, 5) is 0. The van der Waals surface area contributed by atoms with Crippen LogP contribution in [0.15, 0.2) is 48.5 Å². The molecule has 0 unspecified atom stereocenters. The predicted octanol–water partition coefficient (Wildman–Crippen LogP) is 4.86. The van der Waals surface area contributed by atoms with E-state index in [1.807, 2.05) is 36.4 Å². The van der Waals surface area contributed by atoms with Gasteiger partial charge in [-0.2, -0.15) is 0 Å². The molecule has 0 aliphatic heterocycles. The van der Waals surface area contributed by atoms with Crippen LogP contribution in [0.4, 0.5) is 5.69 Å². The normalized spacial score (nSPS) is 10.2. The Morgan fingerprint density at radius 2 is 1.42 bits per heavy atom. The molecule has 2 rings (SSSR count). The molecule has 0 atom stereocenters. The summed E-state index contributed by atoms with van der Waals surface area (Å²) >= 11 is 11.6. The molecule has 2 aromatic rings. The lowest BCUT2D eigenvalue weighted by Crippen LogP contribution is -2.08. The van der Waals surface area contributed by atoms with Crippen LogP contribution < -0.4 is 5.32 Å². The van der Waals surface area contributed by atoms with Gasteiger partial charge in [-0.15, -0.1) is 0 Å². The van der Waals surface area contributed by atoms with E-state index >= 15 is 0 Å². The van der Waals surface area contributed by atoms with Gasteiger partial charge in [-0.05, 0) is 42.0 Å². The number of benzene rings is 2. The summed E-state index contributed by atoms with van der Waals surface area (Å²) < 4.78 is 0. The molecule has 2 N–H and O–H groups in total. The summed E-state index contributed by atoms with van der Waals surface area (Å²) in [6.07, 6.45) is 0.657. The van der Waals surface area contributed by atoms with Gasteiger partial charge in [-0.1, -0.05) is 35.3 Å². The fourth-order valence-corrected chi connectivity index (χ4v) is 1.95. The number of anilines is 1. The Kier molecular flexibility index (Phi) is 4.83. The predicted molar refractivity (Wildman–Crippen MR) is 82.8 cm³/mol. The Labute approximate surface area is 122 Å². The summed E-state index contributed by atoms with van der Waals surface area (Å²) in [5.74, 6) is 0. The molecule has 19 heavy (non-hydrogen) atoms. The molecule has 0 aliphatic rings. The molecule has 0 fully saturated rings. The van der Waals surface area contributed by atoms with Crippen LogP contribution in [0.1, 0.15) is 12.0 Å². The van der Waals surface area contributed by atoms with Crippen molar-refractivity contribution < 1.29 is 0 Å². The van der Waals surface area contributed by atoms with Crippen molar-refractivity contribution in [3.05, 3.63) is 64.1 Å². The minimum Gasteiger partial charge on any atom is -0.385 e. The van der Waals surface area contributed by atoms with Crippen LogP contribution in [0.25, 0.3) is 0 Å². The molecule has 0 saturated carbocycles. The Morgan fingerprint density at radius 3 is 2.00 bits per heavy atom. The lowest BCUT2D eigenvalue weighted by molar-refractivity contribution is 1.09. The van der Waals surface area contributed by atoms with Crippen LogP contribution >= 0.6 is 23.2 Å². The van der Waals surface area contributed by atoms with Gasteiger partial charge in [0.25, 0.3) is 0 Å². The van der Waals surface area contributed by atoms with Crippen LogP contribution in [0, 0.1) is 5.41 Å². The Morgan fingerprint density at radius 1 is 0.895 bits per heavy atom. The van der Waals surface area contributed by atoms with E-state index in [1.54, 1.807) is 12.1 Å². The largest absolute Gasteiger partial charge is 0.385 e. The lowest BCUT2D eigenvalue weighted by atomic mass is 10.1. The van der Waals surface area contributed by atoms with E-state index in [4.69, 9.17) is 28.6 Å². The molecule has 98 valence electrons. The summed E-state index contributed by atoms with van der Waals surface area (Å²) in [6, 6.07) is 14.9. The summed E-state index contributed by atoms with van der Waals surface area (Å²) in [7, 11) is 0. The van der Waals surface area contributed by atoms with Crippen LogP contribution in [-0.4, -0.2) is 12.3 Å². The fourth-order valence-electron chi connectivity index (χ4n) is 1.69. The minimum absolute atomic E-state index is 0.595. The van der Waals surface area contributed by atoms with Gasteiger partial charge in [0.15, 0.2) is 0 Å². The van der Waals surface area contributed by atoms with Crippen molar-refractivity contribution >= 4 is 34.6 Å². The first-order chi connectivity index (χ1) is 9.15. The van der Waals surface area contributed by atoms with Gasteiger partial charge < -0.3 is 10.7 Å². The van der Waals surface area contributed by atoms with Gasteiger partial charge in [0.1, 0.15) is 0 Å². The van der Waals surface area contributed by atoms with Crippen molar-refractivity contribution in [2.24, 2.45) is 0 Å². The molecule has 0 heterocycles. The molecule has 4 heteroatoms. The number of halogens is 2.